The average molecular weight is 306 g/mol. The van der Waals surface area contributed by atoms with Crippen LogP contribution in [0.2, 0.25) is 0 Å². The van der Waals surface area contributed by atoms with Crippen LogP contribution in [0, 0.1) is 0 Å². The second-order valence-electron chi connectivity index (χ2n) is 6.16. The summed E-state index contributed by atoms with van der Waals surface area (Å²) < 4.78 is 5.69. The van der Waals surface area contributed by atoms with Crippen LogP contribution in [0.5, 0.6) is 5.75 Å². The van der Waals surface area contributed by atoms with Gasteiger partial charge < -0.3 is 20.8 Å². The van der Waals surface area contributed by atoms with Crippen molar-refractivity contribution in [2.45, 2.75) is 44.6 Å². The van der Waals surface area contributed by atoms with E-state index in [-0.39, 0.29) is 24.0 Å². The van der Waals surface area contributed by atoms with Gasteiger partial charge in [0.25, 0.3) is 5.91 Å². The van der Waals surface area contributed by atoms with Crippen molar-refractivity contribution >= 4 is 5.91 Å². The molecule has 0 spiro atoms. The molecule has 0 saturated carbocycles. The van der Waals surface area contributed by atoms with Gasteiger partial charge in [0.15, 0.2) is 6.61 Å². The maximum atomic E-state index is 12.1. The van der Waals surface area contributed by atoms with Crippen molar-refractivity contribution in [3.63, 3.8) is 0 Å². The van der Waals surface area contributed by atoms with Gasteiger partial charge in [0, 0.05) is 19.1 Å². The van der Waals surface area contributed by atoms with E-state index in [2.05, 4.69) is 12.1 Å². The minimum atomic E-state index is 0. The first-order valence-electron chi connectivity index (χ1n) is 8.00. The molecular formula is C17H26N2O3. The Kier molecular flexibility index (Phi) is 5.80. The monoisotopic (exact) mass is 306 g/mol. The second kappa shape index (κ2) is 7.61. The number of fused-ring (bicyclic) bond motifs is 1. The second-order valence-corrected chi connectivity index (χ2v) is 6.16. The van der Waals surface area contributed by atoms with Crippen molar-refractivity contribution in [2.24, 2.45) is 5.73 Å². The van der Waals surface area contributed by atoms with Gasteiger partial charge in [-0.15, -0.1) is 0 Å². The first-order chi connectivity index (χ1) is 10.2. The third-order valence-electron chi connectivity index (χ3n) is 4.52. The number of likely N-dealkylation sites (tertiary alicyclic amines) is 1. The van der Waals surface area contributed by atoms with Gasteiger partial charge in [0.2, 0.25) is 0 Å². The highest BCUT2D eigenvalue weighted by molar-refractivity contribution is 5.77. The molecule has 2 aliphatic rings. The third-order valence-corrected chi connectivity index (χ3v) is 4.52. The molecule has 5 nitrogen and oxygen atoms in total. The summed E-state index contributed by atoms with van der Waals surface area (Å²) in [5, 5.41) is 0. The largest absolute Gasteiger partial charge is 0.484 e. The van der Waals surface area contributed by atoms with Crippen LogP contribution in [0.4, 0.5) is 0 Å². The number of amides is 1. The summed E-state index contributed by atoms with van der Waals surface area (Å²) in [5.41, 5.74) is 8.66. The number of carbonyl (C=O) groups is 1. The summed E-state index contributed by atoms with van der Waals surface area (Å²) in [4.78, 5) is 14.0. The SMILES string of the molecule is N[C@H]1CCc2ccc(OCC(=O)N3CCCCC3)cc2C1.O. The van der Waals surface area contributed by atoms with Crippen molar-refractivity contribution in [1.82, 2.24) is 4.90 Å². The molecular weight excluding hydrogens is 280 g/mol. The highest BCUT2D eigenvalue weighted by Crippen LogP contribution is 2.25. The Morgan fingerprint density at radius 1 is 1.23 bits per heavy atom. The van der Waals surface area contributed by atoms with E-state index < -0.39 is 0 Å². The van der Waals surface area contributed by atoms with E-state index in [0.717, 1.165) is 50.9 Å². The molecule has 1 fully saturated rings. The molecule has 0 bridgehead atoms. The number of aryl methyl sites for hydroxylation is 1. The van der Waals surface area contributed by atoms with Crippen LogP contribution in [-0.2, 0) is 17.6 Å². The lowest BCUT2D eigenvalue weighted by molar-refractivity contribution is -0.134. The van der Waals surface area contributed by atoms with Crippen molar-refractivity contribution in [1.29, 1.82) is 0 Å². The number of rotatable bonds is 3. The molecule has 4 N–H and O–H groups in total. The van der Waals surface area contributed by atoms with Crippen LogP contribution in [0.25, 0.3) is 0 Å². The summed E-state index contributed by atoms with van der Waals surface area (Å²) in [7, 11) is 0. The topological polar surface area (TPSA) is 87.1 Å². The van der Waals surface area contributed by atoms with E-state index in [0.29, 0.717) is 0 Å². The molecule has 1 aromatic carbocycles. The average Bonchev–Trinajstić information content (AvgIpc) is 2.53. The maximum Gasteiger partial charge on any atom is 0.260 e. The van der Waals surface area contributed by atoms with Gasteiger partial charge in [-0.25, -0.2) is 0 Å². The zero-order valence-corrected chi connectivity index (χ0v) is 13.0. The normalized spacial score (nSPS) is 20.8. The van der Waals surface area contributed by atoms with Crippen LogP contribution in [0.3, 0.4) is 0 Å². The summed E-state index contributed by atoms with van der Waals surface area (Å²) in [5.74, 6) is 0.886. The Morgan fingerprint density at radius 2 is 2.00 bits per heavy atom. The fourth-order valence-corrected chi connectivity index (χ4v) is 3.23. The minimum Gasteiger partial charge on any atom is -0.484 e. The van der Waals surface area contributed by atoms with Gasteiger partial charge in [0.05, 0.1) is 0 Å². The number of nitrogens with two attached hydrogens (primary N) is 1. The molecule has 122 valence electrons. The van der Waals surface area contributed by atoms with E-state index in [1.54, 1.807) is 0 Å². The fourth-order valence-electron chi connectivity index (χ4n) is 3.23. The van der Waals surface area contributed by atoms with Crippen molar-refractivity contribution in [3.05, 3.63) is 29.3 Å². The molecule has 1 saturated heterocycles. The number of nitrogens with zero attached hydrogens (tertiary/aromatic N) is 1. The molecule has 1 aliphatic carbocycles. The Balaban J connectivity index is 0.00000176. The summed E-state index contributed by atoms with van der Waals surface area (Å²) >= 11 is 0. The van der Waals surface area contributed by atoms with E-state index in [1.165, 1.54) is 17.5 Å². The molecule has 1 aliphatic heterocycles. The zero-order valence-electron chi connectivity index (χ0n) is 13.0. The van der Waals surface area contributed by atoms with Gasteiger partial charge in [-0.05, 0) is 61.8 Å². The van der Waals surface area contributed by atoms with E-state index in [1.807, 2.05) is 11.0 Å². The smallest absolute Gasteiger partial charge is 0.260 e. The van der Waals surface area contributed by atoms with Crippen molar-refractivity contribution < 1.29 is 15.0 Å². The molecule has 0 unspecified atom stereocenters. The third kappa shape index (κ3) is 3.99. The Bertz CT molecular complexity index is 513. The molecule has 5 heteroatoms. The number of carbonyl (C=O) groups excluding carboxylic acids is 1. The number of ether oxygens (including phenoxy) is 1. The lowest BCUT2D eigenvalue weighted by Crippen LogP contribution is -2.38. The predicted octanol–water partition coefficient (Wildman–Crippen LogP) is 1.07. The highest BCUT2D eigenvalue weighted by Gasteiger charge is 2.18. The Hall–Kier alpha value is -1.59. The first kappa shape index (κ1) is 16.8. The van der Waals surface area contributed by atoms with Crippen LogP contribution in [-0.4, -0.2) is 42.0 Å². The summed E-state index contributed by atoms with van der Waals surface area (Å²) in [6.07, 6.45) is 6.47. The van der Waals surface area contributed by atoms with Gasteiger partial charge in [-0.1, -0.05) is 6.07 Å². The molecule has 1 amide bonds. The first-order valence-corrected chi connectivity index (χ1v) is 8.00. The van der Waals surface area contributed by atoms with Crippen molar-refractivity contribution in [2.75, 3.05) is 19.7 Å². The lowest BCUT2D eigenvalue weighted by atomic mass is 9.89. The minimum absolute atomic E-state index is 0. The lowest BCUT2D eigenvalue weighted by Gasteiger charge is -2.26. The molecule has 1 aromatic rings. The predicted molar refractivity (Wildman–Crippen MR) is 86.0 cm³/mol. The van der Waals surface area contributed by atoms with Gasteiger partial charge >= 0.3 is 0 Å². The molecule has 0 radical (unpaired) electrons. The molecule has 1 atom stereocenters. The number of hydrogen-bond donors (Lipinski definition) is 1. The highest BCUT2D eigenvalue weighted by atomic mass is 16.5. The molecule has 22 heavy (non-hydrogen) atoms. The number of benzene rings is 1. The fraction of sp³-hybridized carbons (Fsp3) is 0.588. The Labute approximate surface area is 131 Å². The van der Waals surface area contributed by atoms with E-state index in [4.69, 9.17) is 10.5 Å². The van der Waals surface area contributed by atoms with Crippen LogP contribution < -0.4 is 10.5 Å². The van der Waals surface area contributed by atoms with Gasteiger partial charge in [-0.3, -0.25) is 4.79 Å². The van der Waals surface area contributed by atoms with E-state index in [9.17, 15) is 4.79 Å². The quantitative estimate of drug-likeness (QED) is 0.906. The maximum absolute atomic E-state index is 12.1. The molecule has 0 aromatic heterocycles. The Morgan fingerprint density at radius 3 is 2.77 bits per heavy atom. The standard InChI is InChI=1S/C17H24N2O2.H2O/c18-15-6-4-13-5-7-16(11-14(13)10-15)21-12-17(20)19-8-2-1-3-9-19;/h5,7,11,15H,1-4,6,8-10,12,18H2;1H2/t15-;/m0./s1. The van der Waals surface area contributed by atoms with Crippen molar-refractivity contribution in [3.8, 4) is 5.75 Å². The van der Waals surface area contributed by atoms with Crippen LogP contribution in [0.15, 0.2) is 18.2 Å². The molecule has 1 heterocycles. The summed E-state index contributed by atoms with van der Waals surface area (Å²) in [6, 6.07) is 6.39. The number of hydrogen-bond acceptors (Lipinski definition) is 3. The molecule has 3 rings (SSSR count). The number of piperidine rings is 1. The summed E-state index contributed by atoms with van der Waals surface area (Å²) in [6.45, 7) is 1.90. The van der Waals surface area contributed by atoms with E-state index >= 15 is 0 Å². The van der Waals surface area contributed by atoms with Crippen LogP contribution in [0.1, 0.15) is 36.8 Å². The van der Waals surface area contributed by atoms with Gasteiger partial charge in [0.1, 0.15) is 5.75 Å². The zero-order chi connectivity index (χ0) is 14.7. The van der Waals surface area contributed by atoms with Gasteiger partial charge in [-0.2, -0.15) is 0 Å². The van der Waals surface area contributed by atoms with Crippen LogP contribution >= 0.6 is 0 Å².